The van der Waals surface area contributed by atoms with Gasteiger partial charge in [-0.3, -0.25) is 4.79 Å². The molecule has 0 aromatic heterocycles. The average molecular weight is 346 g/mol. The summed E-state index contributed by atoms with van der Waals surface area (Å²) in [5.74, 6) is 0.171. The van der Waals surface area contributed by atoms with E-state index >= 15 is 0 Å². The summed E-state index contributed by atoms with van der Waals surface area (Å²) in [4.78, 5) is 14.0. The molecule has 17 heavy (non-hydrogen) atoms. The van der Waals surface area contributed by atoms with E-state index < -0.39 is 0 Å². The number of carbonyl (C=O) groups is 1. The Balaban J connectivity index is 2.14. The summed E-state index contributed by atoms with van der Waals surface area (Å²) >= 11 is 2.04. The summed E-state index contributed by atoms with van der Waals surface area (Å²) in [5.41, 5.74) is 0.560. The van der Waals surface area contributed by atoms with E-state index in [9.17, 15) is 9.90 Å². The molecule has 1 amide bonds. The normalized spacial score (nSPS) is 16.6. The molecule has 2 N–H and O–H groups in total. The number of hydrogen-bond acceptors (Lipinski definition) is 3. The van der Waals surface area contributed by atoms with Gasteiger partial charge in [-0.1, -0.05) is 0 Å². The smallest absolute Gasteiger partial charge is 0.254 e. The maximum Gasteiger partial charge on any atom is 0.254 e. The second-order valence-corrected chi connectivity index (χ2v) is 5.22. The van der Waals surface area contributed by atoms with E-state index in [0.29, 0.717) is 5.56 Å². The Morgan fingerprint density at radius 3 is 2.94 bits per heavy atom. The number of nitrogens with zero attached hydrogens (tertiary/aromatic N) is 1. The van der Waals surface area contributed by atoms with Crippen LogP contribution in [0.5, 0.6) is 5.75 Å². The highest BCUT2D eigenvalue weighted by Crippen LogP contribution is 2.21. The standard InChI is InChI=1S/C12H15IN2O2/c13-10-3-2-9(8-11(10)16)12(17)15-6-1-4-14-5-7-15/h2-3,8,14,16H,1,4-7H2. The predicted molar refractivity (Wildman–Crippen MR) is 74.2 cm³/mol. The zero-order valence-corrected chi connectivity index (χ0v) is 11.6. The maximum absolute atomic E-state index is 12.2. The zero-order chi connectivity index (χ0) is 12.3. The van der Waals surface area contributed by atoms with Gasteiger partial charge in [-0.05, 0) is 53.8 Å². The number of phenolic OH excluding ortho intramolecular Hbond substituents is 1. The Kier molecular flexibility index (Phi) is 4.22. The lowest BCUT2D eigenvalue weighted by molar-refractivity contribution is 0.0766. The van der Waals surface area contributed by atoms with E-state index in [2.05, 4.69) is 5.32 Å². The van der Waals surface area contributed by atoms with Gasteiger partial charge >= 0.3 is 0 Å². The van der Waals surface area contributed by atoms with Crippen LogP contribution < -0.4 is 5.32 Å². The van der Waals surface area contributed by atoms with Gasteiger partial charge in [0.25, 0.3) is 5.91 Å². The largest absolute Gasteiger partial charge is 0.507 e. The minimum absolute atomic E-state index is 0.000370. The van der Waals surface area contributed by atoms with Gasteiger partial charge in [-0.2, -0.15) is 0 Å². The molecule has 0 bridgehead atoms. The third-order valence-corrected chi connectivity index (χ3v) is 3.73. The lowest BCUT2D eigenvalue weighted by Crippen LogP contribution is -2.34. The number of aromatic hydroxyl groups is 1. The van der Waals surface area contributed by atoms with Crippen LogP contribution in [0.3, 0.4) is 0 Å². The van der Waals surface area contributed by atoms with Crippen molar-refractivity contribution in [3.8, 4) is 5.75 Å². The highest BCUT2D eigenvalue weighted by molar-refractivity contribution is 14.1. The SMILES string of the molecule is O=C(c1ccc(I)c(O)c1)N1CCCNCC1. The molecular formula is C12H15IN2O2. The third kappa shape index (κ3) is 3.10. The highest BCUT2D eigenvalue weighted by Gasteiger charge is 2.17. The molecule has 5 heteroatoms. The summed E-state index contributed by atoms with van der Waals surface area (Å²) in [6, 6.07) is 5.07. The fourth-order valence-corrected chi connectivity index (χ4v) is 2.21. The van der Waals surface area contributed by atoms with Crippen molar-refractivity contribution in [2.24, 2.45) is 0 Å². The molecule has 0 atom stereocenters. The first-order chi connectivity index (χ1) is 8.18. The summed E-state index contributed by atoms with van der Waals surface area (Å²) < 4.78 is 0.761. The Morgan fingerprint density at radius 2 is 2.18 bits per heavy atom. The molecule has 1 heterocycles. The van der Waals surface area contributed by atoms with Gasteiger partial charge < -0.3 is 15.3 Å². The van der Waals surface area contributed by atoms with E-state index in [4.69, 9.17) is 0 Å². The van der Waals surface area contributed by atoms with E-state index in [-0.39, 0.29) is 11.7 Å². The predicted octanol–water partition coefficient (Wildman–Crippen LogP) is 1.43. The molecule has 0 aliphatic carbocycles. The zero-order valence-electron chi connectivity index (χ0n) is 9.45. The molecular weight excluding hydrogens is 331 g/mol. The quantitative estimate of drug-likeness (QED) is 0.757. The molecule has 0 radical (unpaired) electrons. The minimum Gasteiger partial charge on any atom is -0.507 e. The lowest BCUT2D eigenvalue weighted by atomic mass is 10.2. The van der Waals surface area contributed by atoms with Crippen molar-refractivity contribution >= 4 is 28.5 Å². The van der Waals surface area contributed by atoms with E-state index in [1.165, 1.54) is 0 Å². The van der Waals surface area contributed by atoms with Crippen molar-refractivity contribution in [2.45, 2.75) is 6.42 Å². The number of benzene rings is 1. The van der Waals surface area contributed by atoms with Gasteiger partial charge in [0.15, 0.2) is 0 Å². The van der Waals surface area contributed by atoms with Crippen molar-refractivity contribution in [3.05, 3.63) is 27.3 Å². The van der Waals surface area contributed by atoms with Gasteiger partial charge in [-0.15, -0.1) is 0 Å². The van der Waals surface area contributed by atoms with Crippen LogP contribution in [-0.2, 0) is 0 Å². The summed E-state index contributed by atoms with van der Waals surface area (Å²) in [6.45, 7) is 3.30. The van der Waals surface area contributed by atoms with Crippen LogP contribution in [0, 0.1) is 3.57 Å². The van der Waals surface area contributed by atoms with Gasteiger partial charge in [0.2, 0.25) is 0 Å². The van der Waals surface area contributed by atoms with Crippen molar-refractivity contribution in [2.75, 3.05) is 26.2 Å². The molecule has 1 aromatic rings. The first kappa shape index (κ1) is 12.6. The third-order valence-electron chi connectivity index (χ3n) is 2.82. The number of halogens is 1. The Morgan fingerprint density at radius 1 is 1.35 bits per heavy atom. The van der Waals surface area contributed by atoms with E-state index in [0.717, 1.165) is 36.2 Å². The highest BCUT2D eigenvalue weighted by atomic mass is 127. The second-order valence-electron chi connectivity index (χ2n) is 4.06. The molecule has 1 aliphatic rings. The molecule has 4 nitrogen and oxygen atoms in total. The van der Waals surface area contributed by atoms with Crippen LogP contribution in [0.25, 0.3) is 0 Å². The van der Waals surface area contributed by atoms with Gasteiger partial charge in [0.1, 0.15) is 5.75 Å². The van der Waals surface area contributed by atoms with Crippen LogP contribution in [0.15, 0.2) is 18.2 Å². The van der Waals surface area contributed by atoms with Gasteiger partial charge in [0, 0.05) is 25.2 Å². The lowest BCUT2D eigenvalue weighted by Gasteiger charge is -2.20. The van der Waals surface area contributed by atoms with Crippen LogP contribution in [0.1, 0.15) is 16.8 Å². The van der Waals surface area contributed by atoms with E-state index in [1.807, 2.05) is 27.5 Å². The summed E-state index contributed by atoms with van der Waals surface area (Å²) in [6.07, 6.45) is 0.974. The van der Waals surface area contributed by atoms with Crippen LogP contribution >= 0.6 is 22.6 Å². The number of phenols is 1. The monoisotopic (exact) mass is 346 g/mol. The number of carbonyl (C=O) groups excluding carboxylic acids is 1. The Hall–Kier alpha value is -0.820. The molecule has 1 aliphatic heterocycles. The fraction of sp³-hybridized carbons (Fsp3) is 0.417. The van der Waals surface area contributed by atoms with Crippen LogP contribution in [0.2, 0.25) is 0 Å². The molecule has 1 aromatic carbocycles. The minimum atomic E-state index is 0.000370. The average Bonchev–Trinajstić information content (AvgIpc) is 2.60. The summed E-state index contributed by atoms with van der Waals surface area (Å²) in [7, 11) is 0. The van der Waals surface area contributed by atoms with Crippen molar-refractivity contribution in [1.29, 1.82) is 0 Å². The second kappa shape index (κ2) is 5.68. The summed E-state index contributed by atoms with van der Waals surface area (Å²) in [5, 5.41) is 12.9. The van der Waals surface area contributed by atoms with Crippen molar-refractivity contribution < 1.29 is 9.90 Å². The molecule has 92 valence electrons. The first-order valence-corrected chi connectivity index (χ1v) is 6.75. The number of hydrogen-bond donors (Lipinski definition) is 2. The van der Waals surface area contributed by atoms with Gasteiger partial charge in [0.05, 0.1) is 3.57 Å². The van der Waals surface area contributed by atoms with Crippen LogP contribution in [-0.4, -0.2) is 42.1 Å². The molecule has 0 saturated carbocycles. The Labute approximate surface area is 114 Å². The van der Waals surface area contributed by atoms with Gasteiger partial charge in [-0.25, -0.2) is 0 Å². The fourth-order valence-electron chi connectivity index (χ4n) is 1.88. The molecule has 0 spiro atoms. The first-order valence-electron chi connectivity index (χ1n) is 5.67. The number of amides is 1. The number of rotatable bonds is 1. The number of nitrogens with one attached hydrogen (secondary N) is 1. The molecule has 1 saturated heterocycles. The van der Waals surface area contributed by atoms with Crippen LogP contribution in [0.4, 0.5) is 0 Å². The maximum atomic E-state index is 12.2. The Bertz CT molecular complexity index is 415. The molecule has 1 fully saturated rings. The van der Waals surface area contributed by atoms with Crippen molar-refractivity contribution in [3.63, 3.8) is 0 Å². The molecule has 2 rings (SSSR count). The van der Waals surface area contributed by atoms with E-state index in [1.54, 1.807) is 18.2 Å². The van der Waals surface area contributed by atoms with Crippen molar-refractivity contribution in [1.82, 2.24) is 10.2 Å². The molecule has 0 unspecified atom stereocenters. The topological polar surface area (TPSA) is 52.6 Å².